The molecule has 0 aliphatic carbocycles. The summed E-state index contributed by atoms with van der Waals surface area (Å²) in [6.07, 6.45) is 4.97. The fourth-order valence-corrected chi connectivity index (χ4v) is 3.34. The zero-order chi connectivity index (χ0) is 14.3. The molecule has 0 heterocycles. The monoisotopic (exact) mass is 486 g/mol. The molecule has 1 aromatic carbocycles. The van der Waals surface area contributed by atoms with E-state index in [4.69, 9.17) is 0 Å². The van der Waals surface area contributed by atoms with Gasteiger partial charge in [0.05, 0.1) is 9.78 Å². The molecule has 1 amide bonds. The van der Waals surface area contributed by atoms with Crippen LogP contribution in [0.3, 0.4) is 0 Å². The average molecular weight is 486 g/mol. The zero-order valence-electron chi connectivity index (χ0n) is 10.6. The van der Waals surface area contributed by atoms with Crippen molar-refractivity contribution in [2.45, 2.75) is 32.6 Å². The molecule has 0 saturated heterocycles. The maximum Gasteiger partial charge on any atom is 0.240 e. The molecule has 2 N–H and O–H groups in total. The summed E-state index contributed by atoms with van der Waals surface area (Å²) in [4.78, 5) is 11.4. The average Bonchev–Trinajstić information content (AvgIpc) is 2.35. The third-order valence-electron chi connectivity index (χ3n) is 2.46. The number of hydrogen-bond acceptors (Lipinski definition) is 3. The van der Waals surface area contributed by atoms with Gasteiger partial charge >= 0.3 is 0 Å². The predicted octanol–water partition coefficient (Wildman–Crippen LogP) is 3.63. The molecule has 1 rings (SSSR count). The molecule has 0 radical (unpaired) electrons. The summed E-state index contributed by atoms with van der Waals surface area (Å²) < 4.78 is 1.77. The highest BCUT2D eigenvalue weighted by atomic mass is 127. The van der Waals surface area contributed by atoms with Crippen molar-refractivity contribution in [2.75, 3.05) is 0 Å². The topological polar surface area (TPSA) is 61.7 Å². The molecule has 0 atom stereocenters. The van der Waals surface area contributed by atoms with Gasteiger partial charge in [0.25, 0.3) is 0 Å². The molecule has 0 unspecified atom stereocenters. The fourth-order valence-electron chi connectivity index (χ4n) is 1.45. The van der Waals surface area contributed by atoms with Gasteiger partial charge in [-0.25, -0.2) is 5.43 Å². The number of phenols is 1. The van der Waals surface area contributed by atoms with E-state index in [1.165, 1.54) is 6.21 Å². The first-order valence-corrected chi connectivity index (χ1v) is 8.20. The van der Waals surface area contributed by atoms with E-state index in [0.717, 1.165) is 26.4 Å². The van der Waals surface area contributed by atoms with Crippen molar-refractivity contribution < 1.29 is 9.90 Å². The fraction of sp³-hybridized carbons (Fsp3) is 0.385. The number of nitrogens with one attached hydrogen (secondary N) is 1. The van der Waals surface area contributed by atoms with Crippen molar-refractivity contribution in [1.82, 2.24) is 5.43 Å². The van der Waals surface area contributed by atoms with Gasteiger partial charge in [-0.05, 0) is 63.7 Å². The van der Waals surface area contributed by atoms with Gasteiger partial charge in [-0.2, -0.15) is 5.10 Å². The van der Waals surface area contributed by atoms with Crippen molar-refractivity contribution >= 4 is 57.3 Å². The van der Waals surface area contributed by atoms with E-state index in [9.17, 15) is 9.90 Å². The molecule has 4 nitrogen and oxygen atoms in total. The Morgan fingerprint density at radius 1 is 1.42 bits per heavy atom. The highest BCUT2D eigenvalue weighted by Crippen LogP contribution is 2.25. The van der Waals surface area contributed by atoms with E-state index >= 15 is 0 Å². The van der Waals surface area contributed by atoms with Crippen molar-refractivity contribution in [3.05, 3.63) is 24.8 Å². The van der Waals surface area contributed by atoms with Crippen molar-refractivity contribution in [3.63, 3.8) is 0 Å². The Bertz CT molecular complexity index is 476. The van der Waals surface area contributed by atoms with Gasteiger partial charge in [0.2, 0.25) is 5.91 Å². The second-order valence-corrected chi connectivity index (χ2v) is 6.48. The third-order valence-corrected chi connectivity index (χ3v) is 3.90. The highest BCUT2D eigenvalue weighted by Gasteiger charge is 2.05. The van der Waals surface area contributed by atoms with Gasteiger partial charge in [-0.1, -0.05) is 19.8 Å². The predicted molar refractivity (Wildman–Crippen MR) is 93.4 cm³/mol. The molecule has 0 aliphatic heterocycles. The molecule has 0 spiro atoms. The number of aromatic hydroxyl groups is 1. The lowest BCUT2D eigenvalue weighted by molar-refractivity contribution is -0.121. The first-order chi connectivity index (χ1) is 9.04. The smallest absolute Gasteiger partial charge is 0.240 e. The molecule has 19 heavy (non-hydrogen) atoms. The van der Waals surface area contributed by atoms with Crippen LogP contribution in [-0.2, 0) is 4.79 Å². The van der Waals surface area contributed by atoms with Crippen molar-refractivity contribution in [1.29, 1.82) is 0 Å². The van der Waals surface area contributed by atoms with Gasteiger partial charge in [-0.3, -0.25) is 4.79 Å². The molecule has 0 saturated carbocycles. The van der Waals surface area contributed by atoms with Crippen LogP contribution >= 0.6 is 45.2 Å². The number of rotatable bonds is 6. The van der Waals surface area contributed by atoms with Crippen LogP contribution in [0.1, 0.15) is 38.2 Å². The van der Waals surface area contributed by atoms with Crippen LogP contribution in [0.2, 0.25) is 0 Å². The summed E-state index contributed by atoms with van der Waals surface area (Å²) in [6, 6.07) is 3.68. The Hall–Kier alpha value is -0.380. The van der Waals surface area contributed by atoms with E-state index < -0.39 is 0 Å². The maximum atomic E-state index is 11.4. The Labute approximate surface area is 140 Å². The van der Waals surface area contributed by atoms with Crippen LogP contribution in [0.4, 0.5) is 0 Å². The van der Waals surface area contributed by atoms with Gasteiger partial charge in [0, 0.05) is 15.6 Å². The van der Waals surface area contributed by atoms with Crippen LogP contribution in [0.25, 0.3) is 0 Å². The quantitative estimate of drug-likeness (QED) is 0.280. The summed E-state index contributed by atoms with van der Waals surface area (Å²) in [5, 5.41) is 13.7. The number of unbranched alkanes of at least 4 members (excludes halogenated alkanes) is 2. The second kappa shape index (κ2) is 8.72. The Balaban J connectivity index is 2.55. The van der Waals surface area contributed by atoms with Crippen LogP contribution in [0, 0.1) is 7.14 Å². The van der Waals surface area contributed by atoms with Gasteiger partial charge < -0.3 is 5.11 Å². The number of benzene rings is 1. The summed E-state index contributed by atoms with van der Waals surface area (Å²) in [7, 11) is 0. The van der Waals surface area contributed by atoms with E-state index in [0.29, 0.717) is 12.0 Å². The number of hydrogen-bond donors (Lipinski definition) is 2. The minimum atomic E-state index is -0.0930. The molecule has 104 valence electrons. The molecule has 1 aromatic rings. The summed E-state index contributed by atoms with van der Waals surface area (Å²) in [5.74, 6) is 0.0921. The molecule has 6 heteroatoms. The van der Waals surface area contributed by atoms with Crippen molar-refractivity contribution in [2.24, 2.45) is 5.10 Å². The molecular formula is C13H16I2N2O2. The number of phenolic OH excluding ortho intramolecular Hbond substituents is 1. The first kappa shape index (κ1) is 16.7. The van der Waals surface area contributed by atoms with Gasteiger partial charge in [-0.15, -0.1) is 0 Å². The number of carbonyl (C=O) groups excluding carboxylic acids is 1. The van der Waals surface area contributed by atoms with Crippen LogP contribution in [0.15, 0.2) is 17.2 Å². The Morgan fingerprint density at radius 3 is 2.84 bits per heavy atom. The standard InChI is InChI=1S/C13H16I2N2O2/c1-2-3-4-5-12(18)17-16-8-9-6-10(14)7-11(15)13(9)19/h6-8,19H,2-5H2,1H3,(H,17,18)/b16-8-. The Kier molecular flexibility index (Phi) is 7.66. The first-order valence-electron chi connectivity index (χ1n) is 6.04. The lowest BCUT2D eigenvalue weighted by atomic mass is 10.2. The number of nitrogens with zero attached hydrogens (tertiary/aromatic N) is 1. The van der Waals surface area contributed by atoms with Crippen LogP contribution in [0.5, 0.6) is 5.75 Å². The number of halogens is 2. The van der Waals surface area contributed by atoms with E-state index in [-0.39, 0.29) is 11.7 Å². The van der Waals surface area contributed by atoms with Crippen LogP contribution in [-0.4, -0.2) is 17.2 Å². The molecule has 0 aliphatic rings. The number of amides is 1. The molecular weight excluding hydrogens is 470 g/mol. The molecule has 0 bridgehead atoms. The minimum absolute atomic E-state index is 0.0930. The van der Waals surface area contributed by atoms with E-state index in [2.05, 4.69) is 62.6 Å². The summed E-state index contributed by atoms with van der Waals surface area (Å²) in [5.41, 5.74) is 3.07. The lowest BCUT2D eigenvalue weighted by Crippen LogP contribution is -2.16. The summed E-state index contributed by atoms with van der Waals surface area (Å²) in [6.45, 7) is 2.09. The van der Waals surface area contributed by atoms with Crippen LogP contribution < -0.4 is 5.43 Å². The molecule has 0 fully saturated rings. The minimum Gasteiger partial charge on any atom is -0.506 e. The maximum absolute atomic E-state index is 11.4. The normalized spacial score (nSPS) is 10.9. The van der Waals surface area contributed by atoms with E-state index in [1.54, 1.807) is 0 Å². The largest absolute Gasteiger partial charge is 0.506 e. The second-order valence-electron chi connectivity index (χ2n) is 4.08. The summed E-state index contributed by atoms with van der Waals surface area (Å²) >= 11 is 4.23. The van der Waals surface area contributed by atoms with Gasteiger partial charge in [0.1, 0.15) is 5.75 Å². The van der Waals surface area contributed by atoms with Gasteiger partial charge in [0.15, 0.2) is 0 Å². The Morgan fingerprint density at radius 2 is 2.16 bits per heavy atom. The molecule has 0 aromatic heterocycles. The SMILES string of the molecule is CCCCCC(=O)N/N=C\c1cc(I)cc(I)c1O. The third kappa shape index (κ3) is 6.07. The zero-order valence-corrected chi connectivity index (χ0v) is 14.9. The lowest BCUT2D eigenvalue weighted by Gasteiger charge is -2.03. The number of carbonyl (C=O) groups is 1. The van der Waals surface area contributed by atoms with E-state index in [1.807, 2.05) is 12.1 Å². The van der Waals surface area contributed by atoms with Crippen molar-refractivity contribution in [3.8, 4) is 5.75 Å². The number of hydrazone groups is 1. The highest BCUT2D eigenvalue weighted by molar-refractivity contribution is 14.1.